The summed E-state index contributed by atoms with van der Waals surface area (Å²) in [5.74, 6) is 0.991. The number of hydrogen-bond donors (Lipinski definition) is 1. The summed E-state index contributed by atoms with van der Waals surface area (Å²) in [7, 11) is 0. The van der Waals surface area contributed by atoms with E-state index in [4.69, 9.17) is 0 Å². The van der Waals surface area contributed by atoms with Gasteiger partial charge in [0.25, 0.3) is 0 Å². The summed E-state index contributed by atoms with van der Waals surface area (Å²) in [6.07, 6.45) is 3.06. The second-order valence-corrected chi connectivity index (χ2v) is 7.16. The van der Waals surface area contributed by atoms with Crippen molar-refractivity contribution in [2.24, 2.45) is 0 Å². The van der Waals surface area contributed by atoms with Gasteiger partial charge in [-0.2, -0.15) is 5.10 Å². The number of nitrogens with zero attached hydrogens (tertiary/aromatic N) is 5. The molecule has 1 N–H and O–H groups in total. The maximum Gasteiger partial charge on any atom is 0.140 e. The molecular weight excluding hydrogens is 326 g/mol. The highest BCUT2D eigenvalue weighted by Gasteiger charge is 2.34. The molecule has 4 rings (SSSR count). The van der Waals surface area contributed by atoms with Crippen molar-refractivity contribution in [3.63, 3.8) is 0 Å². The zero-order valence-corrected chi connectivity index (χ0v) is 15.4. The highest BCUT2D eigenvalue weighted by Crippen LogP contribution is 2.34. The predicted molar refractivity (Wildman–Crippen MR) is 101 cm³/mol. The summed E-state index contributed by atoms with van der Waals surface area (Å²) in [6, 6.07) is 10.2. The zero-order chi connectivity index (χ0) is 18.1. The van der Waals surface area contributed by atoms with Crippen molar-refractivity contribution in [1.82, 2.24) is 24.6 Å². The molecule has 0 spiro atoms. The lowest BCUT2D eigenvalue weighted by atomic mass is 9.84. The van der Waals surface area contributed by atoms with E-state index in [0.717, 1.165) is 67.0 Å². The Kier molecular flexibility index (Phi) is 4.46. The van der Waals surface area contributed by atoms with Gasteiger partial charge in [0.05, 0.1) is 17.7 Å². The van der Waals surface area contributed by atoms with Crippen LogP contribution in [0, 0.1) is 6.92 Å². The number of benzene rings is 1. The molecule has 1 fully saturated rings. The van der Waals surface area contributed by atoms with Gasteiger partial charge in [-0.05, 0) is 50.5 Å². The van der Waals surface area contributed by atoms with Gasteiger partial charge < -0.3 is 5.11 Å². The Morgan fingerprint density at radius 3 is 2.73 bits per heavy atom. The molecule has 1 saturated heterocycles. The quantitative estimate of drug-likeness (QED) is 0.783. The van der Waals surface area contributed by atoms with Crippen molar-refractivity contribution in [3.8, 4) is 0 Å². The van der Waals surface area contributed by atoms with Crippen LogP contribution in [0.15, 0.2) is 36.7 Å². The number of aliphatic hydroxyl groups is 1. The highest BCUT2D eigenvalue weighted by atomic mass is 16.3. The van der Waals surface area contributed by atoms with Crippen LogP contribution in [-0.2, 0) is 18.7 Å². The molecule has 6 heteroatoms. The fraction of sp³-hybridized carbons (Fsp3) is 0.450. The number of likely N-dealkylation sites (tertiary alicyclic amines) is 1. The summed E-state index contributed by atoms with van der Waals surface area (Å²) in [6.45, 7) is 7.37. The number of aromatic nitrogens is 4. The van der Waals surface area contributed by atoms with Gasteiger partial charge in [-0.1, -0.05) is 12.1 Å². The Hall–Kier alpha value is -2.31. The second kappa shape index (κ2) is 6.78. The number of hydrogen-bond acceptors (Lipinski definition) is 5. The molecule has 0 amide bonds. The number of piperidine rings is 1. The number of rotatable bonds is 4. The van der Waals surface area contributed by atoms with E-state index in [1.807, 2.05) is 29.8 Å². The third-order valence-corrected chi connectivity index (χ3v) is 5.41. The summed E-state index contributed by atoms with van der Waals surface area (Å²) in [4.78, 5) is 11.3. The first-order chi connectivity index (χ1) is 12.6. The Bertz CT molecular complexity index is 911. The molecule has 1 aromatic carbocycles. The van der Waals surface area contributed by atoms with Crippen LogP contribution in [0.3, 0.4) is 0 Å². The summed E-state index contributed by atoms with van der Waals surface area (Å²) >= 11 is 0. The van der Waals surface area contributed by atoms with E-state index in [2.05, 4.69) is 39.0 Å². The molecule has 3 heterocycles. The van der Waals surface area contributed by atoms with Crippen LogP contribution >= 0.6 is 0 Å². The first-order valence-electron chi connectivity index (χ1n) is 9.27. The average molecular weight is 351 g/mol. The number of fused-ring (bicyclic) bond motifs is 1. The summed E-state index contributed by atoms with van der Waals surface area (Å²) < 4.78 is 1.93. The van der Waals surface area contributed by atoms with Crippen molar-refractivity contribution in [1.29, 1.82) is 0 Å². The lowest BCUT2D eigenvalue weighted by Gasteiger charge is -2.38. The van der Waals surface area contributed by atoms with Crippen LogP contribution in [0.2, 0.25) is 0 Å². The van der Waals surface area contributed by atoms with Crippen molar-refractivity contribution in [3.05, 3.63) is 53.7 Å². The van der Waals surface area contributed by atoms with E-state index < -0.39 is 5.60 Å². The van der Waals surface area contributed by atoms with E-state index in [-0.39, 0.29) is 0 Å². The first-order valence-corrected chi connectivity index (χ1v) is 9.27. The van der Waals surface area contributed by atoms with Gasteiger partial charge in [-0.15, -0.1) is 0 Å². The van der Waals surface area contributed by atoms with Crippen LogP contribution in [0.4, 0.5) is 0 Å². The van der Waals surface area contributed by atoms with E-state index in [1.54, 1.807) is 6.33 Å². The second-order valence-electron chi connectivity index (χ2n) is 7.16. The molecule has 0 radical (unpaired) electrons. The SMILES string of the molecule is CCn1ncnc1CN1CCC(O)(c2ccc3nc(C)ccc3c2)CC1. The normalized spacial score (nSPS) is 17.7. The fourth-order valence-electron chi connectivity index (χ4n) is 3.76. The molecule has 0 unspecified atom stereocenters. The maximum absolute atomic E-state index is 11.2. The largest absolute Gasteiger partial charge is 0.385 e. The number of aryl methyl sites for hydroxylation is 2. The predicted octanol–water partition coefficient (Wildman–Crippen LogP) is 2.64. The highest BCUT2D eigenvalue weighted by molar-refractivity contribution is 5.79. The molecule has 136 valence electrons. The lowest BCUT2D eigenvalue weighted by Crippen LogP contribution is -2.42. The summed E-state index contributed by atoms with van der Waals surface area (Å²) in [5, 5.41) is 16.5. The van der Waals surface area contributed by atoms with Gasteiger partial charge in [0.2, 0.25) is 0 Å². The molecule has 0 saturated carbocycles. The van der Waals surface area contributed by atoms with Crippen LogP contribution < -0.4 is 0 Å². The molecular formula is C20H25N5O. The Morgan fingerprint density at radius 2 is 1.96 bits per heavy atom. The minimum Gasteiger partial charge on any atom is -0.385 e. The number of pyridine rings is 1. The van der Waals surface area contributed by atoms with Crippen molar-refractivity contribution in [2.75, 3.05) is 13.1 Å². The Balaban J connectivity index is 1.48. The van der Waals surface area contributed by atoms with Gasteiger partial charge in [0.1, 0.15) is 12.2 Å². The van der Waals surface area contributed by atoms with E-state index in [1.165, 1.54) is 0 Å². The fourth-order valence-corrected chi connectivity index (χ4v) is 3.76. The molecule has 1 aliphatic heterocycles. The lowest BCUT2D eigenvalue weighted by molar-refractivity contribution is -0.0283. The maximum atomic E-state index is 11.2. The van der Waals surface area contributed by atoms with Crippen LogP contribution in [0.1, 0.15) is 36.8 Å². The van der Waals surface area contributed by atoms with E-state index in [9.17, 15) is 5.11 Å². The van der Waals surface area contributed by atoms with Crippen LogP contribution in [-0.4, -0.2) is 42.8 Å². The Morgan fingerprint density at radius 1 is 1.15 bits per heavy atom. The monoisotopic (exact) mass is 351 g/mol. The van der Waals surface area contributed by atoms with E-state index >= 15 is 0 Å². The minimum absolute atomic E-state index is 0.720. The molecule has 6 nitrogen and oxygen atoms in total. The third-order valence-electron chi connectivity index (χ3n) is 5.41. The molecule has 2 aromatic heterocycles. The van der Waals surface area contributed by atoms with Gasteiger partial charge in [0.15, 0.2) is 0 Å². The van der Waals surface area contributed by atoms with Crippen molar-refractivity contribution >= 4 is 10.9 Å². The molecule has 3 aromatic rings. The Labute approximate surface area is 153 Å². The van der Waals surface area contributed by atoms with Crippen LogP contribution in [0.5, 0.6) is 0 Å². The molecule has 0 bridgehead atoms. The topological polar surface area (TPSA) is 67.1 Å². The minimum atomic E-state index is -0.770. The zero-order valence-electron chi connectivity index (χ0n) is 15.4. The van der Waals surface area contributed by atoms with Gasteiger partial charge in [-0.25, -0.2) is 9.67 Å². The standard InChI is InChI=1S/C20H25N5O/c1-3-25-19(21-14-22-25)13-24-10-8-20(26,9-11-24)17-6-7-18-16(12-17)5-4-15(2)23-18/h4-7,12,14,26H,3,8-11,13H2,1-2H3. The van der Waals surface area contributed by atoms with E-state index in [0.29, 0.717) is 0 Å². The molecule has 26 heavy (non-hydrogen) atoms. The molecule has 0 atom stereocenters. The average Bonchev–Trinajstić information content (AvgIpc) is 3.10. The third kappa shape index (κ3) is 3.22. The first kappa shape index (κ1) is 17.1. The smallest absolute Gasteiger partial charge is 0.140 e. The summed E-state index contributed by atoms with van der Waals surface area (Å²) in [5.41, 5.74) is 2.21. The van der Waals surface area contributed by atoms with Crippen molar-refractivity contribution < 1.29 is 5.11 Å². The van der Waals surface area contributed by atoms with Gasteiger partial charge in [-0.3, -0.25) is 9.88 Å². The molecule has 0 aliphatic carbocycles. The molecule has 1 aliphatic rings. The van der Waals surface area contributed by atoms with Gasteiger partial charge >= 0.3 is 0 Å². The van der Waals surface area contributed by atoms with Crippen molar-refractivity contribution in [2.45, 2.75) is 45.4 Å². The van der Waals surface area contributed by atoms with Crippen LogP contribution in [0.25, 0.3) is 10.9 Å². The van der Waals surface area contributed by atoms with Gasteiger partial charge in [0, 0.05) is 30.7 Å².